The monoisotopic (exact) mass is 490 g/mol. The van der Waals surface area contributed by atoms with E-state index in [2.05, 4.69) is 5.32 Å². The molecule has 0 aliphatic carbocycles. The van der Waals surface area contributed by atoms with Crippen LogP contribution < -0.4 is 11.1 Å². The van der Waals surface area contributed by atoms with Gasteiger partial charge in [-0.05, 0) is 25.0 Å². The quantitative estimate of drug-likeness (QED) is 0.553. The van der Waals surface area contributed by atoms with Gasteiger partial charge < -0.3 is 20.5 Å². The first kappa shape index (κ1) is 23.1. The van der Waals surface area contributed by atoms with Crippen LogP contribution in [0.1, 0.15) is 28.8 Å². The Kier molecular flexibility index (Phi) is 6.58. The van der Waals surface area contributed by atoms with E-state index in [9.17, 15) is 18.8 Å². The molecule has 3 N–H and O–H groups in total. The molecule has 1 aliphatic rings. The van der Waals surface area contributed by atoms with Crippen molar-refractivity contribution in [3.05, 3.63) is 69.6 Å². The third-order valence-electron chi connectivity index (χ3n) is 5.78. The first-order valence-electron chi connectivity index (χ1n) is 10.3. The van der Waals surface area contributed by atoms with Crippen LogP contribution in [-0.2, 0) is 22.7 Å². The van der Waals surface area contributed by atoms with E-state index in [1.807, 2.05) is 0 Å². The predicted molar refractivity (Wildman–Crippen MR) is 123 cm³/mol. The molecule has 33 heavy (non-hydrogen) atoms. The van der Waals surface area contributed by atoms with Gasteiger partial charge in [-0.3, -0.25) is 14.4 Å². The van der Waals surface area contributed by atoms with Crippen LogP contribution in [0.15, 0.2) is 42.6 Å². The number of nitrogens with one attached hydrogen (secondary N) is 1. The topological polar surface area (TPSA) is 97.4 Å². The Bertz CT molecular complexity index is 1260. The van der Waals surface area contributed by atoms with Crippen LogP contribution in [0.3, 0.4) is 0 Å². The second-order valence-electron chi connectivity index (χ2n) is 7.85. The summed E-state index contributed by atoms with van der Waals surface area (Å²) in [6.07, 6.45) is 2.66. The van der Waals surface area contributed by atoms with Gasteiger partial charge >= 0.3 is 0 Å². The van der Waals surface area contributed by atoms with Gasteiger partial charge in [-0.25, -0.2) is 4.39 Å². The van der Waals surface area contributed by atoms with Crippen molar-refractivity contribution in [2.45, 2.75) is 32.0 Å². The fourth-order valence-electron chi connectivity index (χ4n) is 4.20. The molecule has 0 radical (unpaired) electrons. The van der Waals surface area contributed by atoms with Gasteiger partial charge in [-0.2, -0.15) is 0 Å². The maximum absolute atomic E-state index is 14.1. The molecule has 10 heteroatoms. The van der Waals surface area contributed by atoms with E-state index in [0.717, 1.165) is 0 Å². The van der Waals surface area contributed by atoms with Crippen LogP contribution in [0, 0.1) is 5.82 Å². The lowest BCUT2D eigenvalue weighted by Gasteiger charge is -2.24. The number of hydrogen-bond acceptors (Lipinski definition) is 3. The molecule has 0 saturated carbocycles. The normalized spacial score (nSPS) is 15.7. The van der Waals surface area contributed by atoms with Gasteiger partial charge in [0.1, 0.15) is 18.4 Å². The molecule has 3 aromatic rings. The first-order chi connectivity index (χ1) is 15.8. The molecule has 1 atom stereocenters. The van der Waals surface area contributed by atoms with Crippen LogP contribution in [0.25, 0.3) is 10.9 Å². The highest BCUT2D eigenvalue weighted by Gasteiger charge is 2.34. The zero-order valence-corrected chi connectivity index (χ0v) is 19.0. The summed E-state index contributed by atoms with van der Waals surface area (Å²) in [5, 5.41) is 3.61. The molecular formula is C23H21Cl2FN4O3. The van der Waals surface area contributed by atoms with Crippen LogP contribution in [0.5, 0.6) is 0 Å². The summed E-state index contributed by atoms with van der Waals surface area (Å²) in [6.45, 7) is 0.266. The minimum absolute atomic E-state index is 0.0210. The molecule has 4 rings (SSSR count). The van der Waals surface area contributed by atoms with E-state index in [4.69, 9.17) is 28.9 Å². The van der Waals surface area contributed by atoms with Gasteiger partial charge in [0.15, 0.2) is 0 Å². The predicted octanol–water partition coefficient (Wildman–Crippen LogP) is 3.49. The Morgan fingerprint density at radius 3 is 2.61 bits per heavy atom. The Morgan fingerprint density at radius 1 is 1.12 bits per heavy atom. The molecular weight excluding hydrogens is 470 g/mol. The second-order valence-corrected chi connectivity index (χ2v) is 8.66. The molecule has 1 fully saturated rings. The number of benzene rings is 2. The minimum Gasteiger partial charge on any atom is -0.366 e. The van der Waals surface area contributed by atoms with Crippen LogP contribution >= 0.6 is 23.2 Å². The van der Waals surface area contributed by atoms with Crippen molar-refractivity contribution in [1.82, 2.24) is 14.8 Å². The average Bonchev–Trinajstić information content (AvgIpc) is 3.41. The number of nitrogens with zero attached hydrogens (tertiary/aromatic N) is 2. The third-order valence-corrected chi connectivity index (χ3v) is 6.38. The zero-order chi connectivity index (χ0) is 23.7. The van der Waals surface area contributed by atoms with Crippen molar-refractivity contribution < 1.29 is 18.8 Å². The highest BCUT2D eigenvalue weighted by molar-refractivity contribution is 6.35. The highest BCUT2D eigenvalue weighted by Crippen LogP contribution is 2.29. The SMILES string of the molecule is NC(=O)c1cn(CC(=O)N2CCC[C@H]2C(=O)NCc2cccc(Cl)c2F)c2c(Cl)cccc12. The van der Waals surface area contributed by atoms with Gasteiger partial charge in [0.2, 0.25) is 11.8 Å². The maximum atomic E-state index is 14.1. The van der Waals surface area contributed by atoms with E-state index in [-0.39, 0.29) is 41.1 Å². The number of rotatable bonds is 6. The number of carbonyl (C=O) groups excluding carboxylic acids is 3. The van der Waals surface area contributed by atoms with Crippen LogP contribution in [0.2, 0.25) is 10.0 Å². The van der Waals surface area contributed by atoms with Crippen molar-refractivity contribution in [2.75, 3.05) is 6.54 Å². The lowest BCUT2D eigenvalue weighted by atomic mass is 10.1. The maximum Gasteiger partial charge on any atom is 0.250 e. The Labute approximate surface area is 199 Å². The number of amides is 3. The van der Waals surface area contributed by atoms with Gasteiger partial charge in [-0.15, -0.1) is 0 Å². The number of nitrogens with two attached hydrogens (primary N) is 1. The van der Waals surface area contributed by atoms with Crippen molar-refractivity contribution in [3.8, 4) is 0 Å². The van der Waals surface area contributed by atoms with Gasteiger partial charge in [-0.1, -0.05) is 47.5 Å². The summed E-state index contributed by atoms with van der Waals surface area (Å²) in [5.41, 5.74) is 6.53. The second kappa shape index (κ2) is 9.41. The van der Waals surface area contributed by atoms with Crippen LogP contribution in [0.4, 0.5) is 4.39 Å². The standard InChI is InChI=1S/C23H21Cl2FN4O3/c24-16-6-1-4-13(20(16)26)10-28-23(33)18-8-3-9-30(18)19(31)12-29-11-15(22(27)32)14-5-2-7-17(25)21(14)29/h1-2,4-7,11,18H,3,8-10,12H2,(H2,27,32)(H,28,33)/t18-/m0/s1. The van der Waals surface area contributed by atoms with E-state index >= 15 is 0 Å². The minimum atomic E-state index is -0.673. The largest absolute Gasteiger partial charge is 0.366 e. The number of fused-ring (bicyclic) bond motifs is 1. The summed E-state index contributed by atoms with van der Waals surface area (Å²) in [6, 6.07) is 8.97. The fourth-order valence-corrected chi connectivity index (χ4v) is 4.67. The van der Waals surface area contributed by atoms with Crippen molar-refractivity contribution in [1.29, 1.82) is 0 Å². The van der Waals surface area contributed by atoms with E-state index < -0.39 is 17.8 Å². The van der Waals surface area contributed by atoms with Crippen molar-refractivity contribution in [3.63, 3.8) is 0 Å². The highest BCUT2D eigenvalue weighted by atomic mass is 35.5. The van der Waals surface area contributed by atoms with E-state index in [1.54, 1.807) is 28.8 Å². The fraction of sp³-hybridized carbons (Fsp3) is 0.261. The van der Waals surface area contributed by atoms with E-state index in [1.165, 1.54) is 23.2 Å². The van der Waals surface area contributed by atoms with Crippen LogP contribution in [-0.4, -0.2) is 39.8 Å². The molecule has 1 aromatic heterocycles. The summed E-state index contributed by atoms with van der Waals surface area (Å²) in [7, 11) is 0. The Balaban J connectivity index is 1.50. The number of halogens is 3. The number of carbonyl (C=O) groups is 3. The van der Waals surface area contributed by atoms with Crippen molar-refractivity contribution >= 4 is 51.8 Å². The Hall–Kier alpha value is -3.10. The van der Waals surface area contributed by atoms with Crippen molar-refractivity contribution in [2.24, 2.45) is 5.73 Å². The lowest BCUT2D eigenvalue weighted by Crippen LogP contribution is -2.46. The molecule has 0 bridgehead atoms. The summed E-state index contributed by atoms with van der Waals surface area (Å²) in [5.74, 6) is -1.87. The number of hydrogen-bond donors (Lipinski definition) is 2. The number of aromatic nitrogens is 1. The van der Waals surface area contributed by atoms with Gasteiger partial charge in [0.05, 0.1) is 21.1 Å². The lowest BCUT2D eigenvalue weighted by molar-refractivity contribution is -0.138. The Morgan fingerprint density at radius 2 is 1.85 bits per heavy atom. The molecule has 172 valence electrons. The zero-order valence-electron chi connectivity index (χ0n) is 17.5. The molecule has 7 nitrogen and oxygen atoms in total. The molecule has 2 aromatic carbocycles. The molecule has 1 saturated heterocycles. The number of likely N-dealkylation sites (tertiary alicyclic amines) is 1. The number of primary amides is 1. The molecule has 3 amide bonds. The summed E-state index contributed by atoms with van der Waals surface area (Å²) >= 11 is 12.1. The molecule has 0 spiro atoms. The van der Waals surface area contributed by atoms with Gasteiger partial charge in [0, 0.05) is 30.2 Å². The molecule has 2 heterocycles. The van der Waals surface area contributed by atoms with Gasteiger partial charge in [0.25, 0.3) is 5.91 Å². The summed E-state index contributed by atoms with van der Waals surface area (Å²) in [4.78, 5) is 39.3. The summed E-state index contributed by atoms with van der Waals surface area (Å²) < 4.78 is 15.7. The third kappa shape index (κ3) is 4.54. The average molecular weight is 491 g/mol. The number of para-hydroxylation sites is 1. The molecule has 1 aliphatic heterocycles. The smallest absolute Gasteiger partial charge is 0.250 e. The first-order valence-corrected chi connectivity index (χ1v) is 11.1. The molecule has 0 unspecified atom stereocenters. The van der Waals surface area contributed by atoms with E-state index in [0.29, 0.717) is 35.3 Å².